The number of hydrogen-bond donors (Lipinski definition) is 0. The fraction of sp³-hybridized carbons (Fsp3) is 0.269. The molecule has 33 heavy (non-hydrogen) atoms. The highest BCUT2D eigenvalue weighted by molar-refractivity contribution is 6.30. The quantitative estimate of drug-likeness (QED) is 0.279. The lowest BCUT2D eigenvalue weighted by Gasteiger charge is -2.31. The van der Waals surface area contributed by atoms with Gasteiger partial charge in [-0.1, -0.05) is 42.7 Å². The molecule has 0 amide bonds. The summed E-state index contributed by atoms with van der Waals surface area (Å²) in [6.45, 7) is 6.36. The van der Waals surface area contributed by atoms with Gasteiger partial charge in [0, 0.05) is 27.7 Å². The van der Waals surface area contributed by atoms with Gasteiger partial charge in [0.05, 0.1) is 23.9 Å². The molecule has 1 aromatic heterocycles. The fourth-order valence-corrected chi connectivity index (χ4v) is 4.43. The number of fused-ring (bicyclic) bond motifs is 1. The maximum Gasteiger partial charge on any atom is 0.366 e. The molecule has 3 aromatic rings. The van der Waals surface area contributed by atoms with Crippen molar-refractivity contribution in [1.29, 1.82) is 0 Å². The first-order valence-corrected chi connectivity index (χ1v) is 11.0. The SMILES string of the molecule is COC(=O)c1ccccc1C(=O)O/N=C1\CC(C)(C)Cc2c1cc(C)n2-c1ccc(Cl)cc1. The smallest absolute Gasteiger partial charge is 0.366 e. The molecular formula is C26H25ClN2O4. The number of aromatic nitrogens is 1. The van der Waals surface area contributed by atoms with Crippen molar-refractivity contribution in [3.05, 3.63) is 87.7 Å². The maximum atomic E-state index is 12.8. The Morgan fingerprint density at radius 3 is 2.27 bits per heavy atom. The summed E-state index contributed by atoms with van der Waals surface area (Å²) in [4.78, 5) is 30.1. The van der Waals surface area contributed by atoms with Gasteiger partial charge in [0.25, 0.3) is 0 Å². The minimum absolute atomic E-state index is 0.0862. The van der Waals surface area contributed by atoms with E-state index in [0.717, 1.165) is 29.1 Å². The van der Waals surface area contributed by atoms with Crippen molar-refractivity contribution in [2.45, 2.75) is 33.6 Å². The largest absolute Gasteiger partial charge is 0.465 e. The standard InChI is InChI=1S/C26H25ClN2O4/c1-16-13-21-22(28-33-25(31)20-8-6-5-7-19(20)24(30)32-4)14-26(2,3)15-23(21)29(16)18-11-9-17(27)10-12-18/h5-13H,14-15H2,1-4H3/b28-22+. The van der Waals surface area contributed by atoms with E-state index < -0.39 is 11.9 Å². The fourth-order valence-electron chi connectivity index (χ4n) is 4.30. The van der Waals surface area contributed by atoms with Crippen LogP contribution in [0.2, 0.25) is 5.02 Å². The number of methoxy groups -OCH3 is 1. The topological polar surface area (TPSA) is 69.9 Å². The lowest BCUT2D eigenvalue weighted by molar-refractivity contribution is 0.0494. The number of nitrogens with zero attached hydrogens (tertiary/aromatic N) is 2. The van der Waals surface area contributed by atoms with Crippen LogP contribution in [0.25, 0.3) is 5.69 Å². The summed E-state index contributed by atoms with van der Waals surface area (Å²) in [5.41, 5.74) is 4.98. The number of esters is 1. The molecule has 7 heteroatoms. The number of benzene rings is 2. The molecule has 1 aliphatic rings. The van der Waals surface area contributed by atoms with Gasteiger partial charge in [-0.05, 0) is 67.6 Å². The first-order chi connectivity index (χ1) is 15.7. The van der Waals surface area contributed by atoms with E-state index in [9.17, 15) is 9.59 Å². The molecule has 0 bridgehead atoms. The minimum atomic E-state index is -0.706. The van der Waals surface area contributed by atoms with E-state index >= 15 is 0 Å². The molecule has 1 heterocycles. The summed E-state index contributed by atoms with van der Waals surface area (Å²) < 4.78 is 6.96. The van der Waals surface area contributed by atoms with Gasteiger partial charge in [0.15, 0.2) is 0 Å². The Hall–Kier alpha value is -3.38. The van der Waals surface area contributed by atoms with Crippen LogP contribution in [-0.4, -0.2) is 29.3 Å². The van der Waals surface area contributed by atoms with Gasteiger partial charge in [-0.25, -0.2) is 9.59 Å². The van der Waals surface area contributed by atoms with Crippen LogP contribution in [0.5, 0.6) is 0 Å². The van der Waals surface area contributed by atoms with E-state index in [-0.39, 0.29) is 16.5 Å². The number of oxime groups is 1. The summed E-state index contributed by atoms with van der Waals surface area (Å²) in [6.07, 6.45) is 1.49. The Morgan fingerprint density at radius 1 is 1.00 bits per heavy atom. The van der Waals surface area contributed by atoms with Crippen LogP contribution in [0, 0.1) is 12.3 Å². The van der Waals surface area contributed by atoms with Gasteiger partial charge < -0.3 is 14.1 Å². The van der Waals surface area contributed by atoms with Crippen LogP contribution in [-0.2, 0) is 16.0 Å². The molecular weight excluding hydrogens is 440 g/mol. The second-order valence-corrected chi connectivity index (χ2v) is 9.37. The van der Waals surface area contributed by atoms with E-state index in [1.807, 2.05) is 31.2 Å². The third kappa shape index (κ3) is 4.57. The zero-order chi connectivity index (χ0) is 23.8. The molecule has 1 aliphatic carbocycles. The van der Waals surface area contributed by atoms with Crippen LogP contribution in [0.4, 0.5) is 0 Å². The zero-order valence-electron chi connectivity index (χ0n) is 19.0. The zero-order valence-corrected chi connectivity index (χ0v) is 19.8. The van der Waals surface area contributed by atoms with Crippen molar-refractivity contribution >= 4 is 29.3 Å². The number of halogens is 1. The highest BCUT2D eigenvalue weighted by atomic mass is 35.5. The summed E-state index contributed by atoms with van der Waals surface area (Å²) in [5.74, 6) is -1.31. The highest BCUT2D eigenvalue weighted by Gasteiger charge is 2.34. The number of aryl methyl sites for hydroxylation is 1. The molecule has 0 spiro atoms. The first-order valence-electron chi connectivity index (χ1n) is 10.6. The number of ether oxygens (including phenoxy) is 1. The molecule has 0 atom stereocenters. The number of hydrogen-bond acceptors (Lipinski definition) is 5. The molecule has 0 radical (unpaired) electrons. The Labute approximate surface area is 197 Å². The summed E-state index contributed by atoms with van der Waals surface area (Å²) >= 11 is 6.08. The van der Waals surface area contributed by atoms with E-state index in [1.165, 1.54) is 19.2 Å². The molecule has 0 saturated carbocycles. The molecule has 0 saturated heterocycles. The van der Waals surface area contributed by atoms with Crippen molar-refractivity contribution in [3.8, 4) is 5.69 Å². The molecule has 2 aromatic carbocycles. The van der Waals surface area contributed by atoms with E-state index in [0.29, 0.717) is 17.2 Å². The molecule has 6 nitrogen and oxygen atoms in total. The summed E-state index contributed by atoms with van der Waals surface area (Å²) in [6, 6.07) is 16.1. The Balaban J connectivity index is 1.71. The van der Waals surface area contributed by atoms with Gasteiger partial charge in [0.1, 0.15) is 0 Å². The molecule has 0 N–H and O–H groups in total. The van der Waals surface area contributed by atoms with Gasteiger partial charge in [-0.3, -0.25) is 0 Å². The Bertz CT molecular complexity index is 1260. The first kappa shape index (κ1) is 22.8. The van der Waals surface area contributed by atoms with E-state index in [2.05, 4.69) is 29.6 Å². The average molecular weight is 465 g/mol. The van der Waals surface area contributed by atoms with Crippen molar-refractivity contribution in [2.24, 2.45) is 10.6 Å². The lowest BCUT2D eigenvalue weighted by atomic mass is 9.76. The third-order valence-electron chi connectivity index (χ3n) is 5.77. The number of carbonyl (C=O) groups excluding carboxylic acids is 2. The van der Waals surface area contributed by atoms with Crippen molar-refractivity contribution in [2.75, 3.05) is 7.11 Å². The average Bonchev–Trinajstić information content (AvgIpc) is 3.12. The molecule has 0 unspecified atom stereocenters. The van der Waals surface area contributed by atoms with E-state index in [1.54, 1.807) is 12.1 Å². The predicted octanol–water partition coefficient (Wildman–Crippen LogP) is 5.76. The van der Waals surface area contributed by atoms with Gasteiger partial charge in [0.2, 0.25) is 0 Å². The second-order valence-electron chi connectivity index (χ2n) is 8.93. The van der Waals surface area contributed by atoms with Crippen LogP contribution in [0.1, 0.15) is 57.9 Å². The minimum Gasteiger partial charge on any atom is -0.465 e. The van der Waals surface area contributed by atoms with Crippen molar-refractivity contribution in [1.82, 2.24) is 4.57 Å². The number of carbonyl (C=O) groups is 2. The number of rotatable bonds is 4. The van der Waals surface area contributed by atoms with Gasteiger partial charge >= 0.3 is 11.9 Å². The monoisotopic (exact) mass is 464 g/mol. The third-order valence-corrected chi connectivity index (χ3v) is 6.02. The van der Waals surface area contributed by atoms with Crippen LogP contribution >= 0.6 is 11.6 Å². The van der Waals surface area contributed by atoms with Gasteiger partial charge in [-0.15, -0.1) is 0 Å². The van der Waals surface area contributed by atoms with Crippen LogP contribution in [0.15, 0.2) is 59.8 Å². The van der Waals surface area contributed by atoms with Gasteiger partial charge in [-0.2, -0.15) is 0 Å². The van der Waals surface area contributed by atoms with E-state index in [4.69, 9.17) is 21.2 Å². The lowest BCUT2D eigenvalue weighted by Crippen LogP contribution is -2.28. The molecule has 4 rings (SSSR count). The summed E-state index contributed by atoms with van der Waals surface area (Å²) in [7, 11) is 1.27. The normalized spacial score (nSPS) is 15.7. The van der Waals surface area contributed by atoms with Crippen molar-refractivity contribution in [3.63, 3.8) is 0 Å². The second kappa shape index (κ2) is 8.87. The predicted molar refractivity (Wildman–Crippen MR) is 127 cm³/mol. The molecule has 170 valence electrons. The van der Waals surface area contributed by atoms with Crippen LogP contribution in [0.3, 0.4) is 0 Å². The summed E-state index contributed by atoms with van der Waals surface area (Å²) in [5, 5.41) is 4.95. The molecule has 0 fully saturated rings. The Kier molecular flexibility index (Phi) is 6.13. The Morgan fingerprint density at radius 2 is 1.64 bits per heavy atom. The highest BCUT2D eigenvalue weighted by Crippen LogP contribution is 2.38. The van der Waals surface area contributed by atoms with Crippen molar-refractivity contribution < 1.29 is 19.2 Å². The molecule has 0 aliphatic heterocycles. The van der Waals surface area contributed by atoms with Crippen LogP contribution < -0.4 is 0 Å². The maximum absolute atomic E-state index is 12.8.